The number of benzene rings is 4. The Morgan fingerprint density at radius 2 is 0.875 bits per heavy atom. The standard InChI is InChI=1S/C36H45O3P/c1-5-6-7-8-9-10-11-21-32-25-27-33(28-26-32)40(37-34-22-15-12-18-29(34)2,38-35-23-16-13-19-30(35)3)39-36-24-17-14-20-31(36)4/h12-20,22-28,40H,5-11,21H2,1-4H3. The topological polar surface area (TPSA) is 27.7 Å². The Bertz CT molecular complexity index is 1220. The van der Waals surface area contributed by atoms with Crippen LogP contribution in [0.1, 0.15) is 74.1 Å². The van der Waals surface area contributed by atoms with E-state index in [9.17, 15) is 0 Å². The molecule has 4 aromatic carbocycles. The first-order chi connectivity index (χ1) is 19.5. The predicted molar refractivity (Wildman–Crippen MR) is 172 cm³/mol. The summed E-state index contributed by atoms with van der Waals surface area (Å²) in [6, 6.07) is 32.9. The van der Waals surface area contributed by atoms with Crippen LogP contribution >= 0.6 is 7.94 Å². The summed E-state index contributed by atoms with van der Waals surface area (Å²) in [5.74, 6) is 2.30. The molecule has 3 nitrogen and oxygen atoms in total. The van der Waals surface area contributed by atoms with Crippen molar-refractivity contribution in [1.29, 1.82) is 0 Å². The predicted octanol–water partition coefficient (Wildman–Crippen LogP) is 10.3. The molecule has 0 aromatic heterocycles. The number of hydrogen-bond acceptors (Lipinski definition) is 3. The van der Waals surface area contributed by atoms with Gasteiger partial charge in [-0.05, 0) is 0 Å². The van der Waals surface area contributed by atoms with Crippen molar-refractivity contribution in [2.45, 2.75) is 79.1 Å². The average Bonchev–Trinajstić information content (AvgIpc) is 2.96. The van der Waals surface area contributed by atoms with Gasteiger partial charge in [-0.25, -0.2) is 0 Å². The van der Waals surface area contributed by atoms with Gasteiger partial charge in [0.05, 0.1) is 0 Å². The second kappa shape index (κ2) is 14.9. The molecule has 0 atom stereocenters. The summed E-state index contributed by atoms with van der Waals surface area (Å²) in [6.07, 6.45) is 10.3. The van der Waals surface area contributed by atoms with Crippen molar-refractivity contribution in [2.24, 2.45) is 0 Å². The molecule has 4 aromatic rings. The molecule has 0 amide bonds. The third-order valence-corrected chi connectivity index (χ3v) is 9.90. The number of aryl methyl sites for hydroxylation is 4. The van der Waals surface area contributed by atoms with E-state index >= 15 is 0 Å². The molecule has 0 aliphatic rings. The molecule has 0 spiro atoms. The van der Waals surface area contributed by atoms with Crippen molar-refractivity contribution in [1.82, 2.24) is 0 Å². The van der Waals surface area contributed by atoms with Gasteiger partial charge in [-0.3, -0.25) is 0 Å². The van der Waals surface area contributed by atoms with Gasteiger partial charge >= 0.3 is 236 Å². The quantitative estimate of drug-likeness (QED) is 0.108. The summed E-state index contributed by atoms with van der Waals surface area (Å²) >= 11 is 0. The van der Waals surface area contributed by atoms with Gasteiger partial charge in [0.15, 0.2) is 0 Å². The first-order valence-corrected chi connectivity index (χ1v) is 16.6. The van der Waals surface area contributed by atoms with E-state index in [1.807, 2.05) is 54.6 Å². The summed E-state index contributed by atoms with van der Waals surface area (Å²) in [6.45, 7) is 8.44. The molecule has 0 aliphatic heterocycles. The molecule has 212 valence electrons. The fraction of sp³-hybridized carbons (Fsp3) is 0.333. The summed E-state index contributed by atoms with van der Waals surface area (Å²) in [5.41, 5.74) is 4.45. The molecule has 0 aliphatic carbocycles. The van der Waals surface area contributed by atoms with E-state index in [0.29, 0.717) is 0 Å². The van der Waals surface area contributed by atoms with E-state index in [0.717, 1.165) is 45.7 Å². The van der Waals surface area contributed by atoms with Gasteiger partial charge in [0, 0.05) is 0 Å². The van der Waals surface area contributed by atoms with Crippen molar-refractivity contribution in [3.63, 3.8) is 0 Å². The second-order valence-corrected chi connectivity index (χ2v) is 13.0. The van der Waals surface area contributed by atoms with Crippen molar-refractivity contribution >= 4 is 13.2 Å². The van der Waals surface area contributed by atoms with Crippen LogP contribution in [0.3, 0.4) is 0 Å². The first kappa shape index (κ1) is 29.7. The third kappa shape index (κ3) is 8.12. The monoisotopic (exact) mass is 556 g/mol. The van der Waals surface area contributed by atoms with Gasteiger partial charge in [0.2, 0.25) is 0 Å². The van der Waals surface area contributed by atoms with Crippen LogP contribution in [0.4, 0.5) is 0 Å². The van der Waals surface area contributed by atoms with E-state index in [1.165, 1.54) is 50.5 Å². The van der Waals surface area contributed by atoms with Crippen LogP contribution in [0, 0.1) is 20.8 Å². The summed E-state index contributed by atoms with van der Waals surface area (Å²) in [7, 11) is -3.57. The van der Waals surface area contributed by atoms with Gasteiger partial charge in [0.1, 0.15) is 0 Å². The molecule has 0 N–H and O–H groups in total. The molecule has 0 saturated carbocycles. The Kier molecular flexibility index (Phi) is 11.1. The van der Waals surface area contributed by atoms with Crippen LogP contribution in [0.15, 0.2) is 97.1 Å². The molecule has 0 saturated heterocycles. The zero-order valence-electron chi connectivity index (χ0n) is 24.6. The van der Waals surface area contributed by atoms with Gasteiger partial charge in [-0.1, -0.05) is 6.92 Å². The number of rotatable bonds is 15. The SMILES string of the molecule is CCCCCCCCCc1ccc([PH](Oc2ccccc2C)(Oc2ccccc2C)Oc2ccccc2C)cc1. The number of para-hydroxylation sites is 3. The van der Waals surface area contributed by atoms with Crippen LogP contribution in [0.2, 0.25) is 0 Å². The van der Waals surface area contributed by atoms with E-state index in [-0.39, 0.29) is 0 Å². The summed E-state index contributed by atoms with van der Waals surface area (Å²) in [4.78, 5) is 0. The molecule has 0 fully saturated rings. The fourth-order valence-corrected chi connectivity index (χ4v) is 7.46. The van der Waals surface area contributed by atoms with Gasteiger partial charge < -0.3 is 0 Å². The molecule has 0 heterocycles. The Morgan fingerprint density at radius 3 is 1.30 bits per heavy atom. The van der Waals surface area contributed by atoms with Crippen LogP contribution in [-0.2, 0) is 6.42 Å². The van der Waals surface area contributed by atoms with Crippen LogP contribution in [0.5, 0.6) is 17.2 Å². The van der Waals surface area contributed by atoms with Crippen LogP contribution < -0.4 is 18.9 Å². The molecule has 0 radical (unpaired) electrons. The minimum absolute atomic E-state index is 0.767. The zero-order valence-corrected chi connectivity index (χ0v) is 25.6. The normalized spacial score (nSPS) is 11.7. The molecule has 40 heavy (non-hydrogen) atoms. The fourth-order valence-electron chi connectivity index (χ4n) is 4.85. The van der Waals surface area contributed by atoms with E-state index in [4.69, 9.17) is 13.6 Å². The Balaban J connectivity index is 1.67. The maximum atomic E-state index is 6.92. The third-order valence-electron chi connectivity index (χ3n) is 7.39. The van der Waals surface area contributed by atoms with Crippen molar-refractivity contribution in [3.8, 4) is 17.2 Å². The number of unbranched alkanes of at least 4 members (excludes halogenated alkanes) is 6. The van der Waals surface area contributed by atoms with Crippen molar-refractivity contribution in [3.05, 3.63) is 119 Å². The molecular formula is C36H45O3P. The maximum absolute atomic E-state index is 6.92. The summed E-state index contributed by atoms with van der Waals surface area (Å²) in [5, 5.41) is 0.936. The van der Waals surface area contributed by atoms with Crippen LogP contribution in [0.25, 0.3) is 0 Å². The first-order valence-electron chi connectivity index (χ1n) is 14.8. The van der Waals surface area contributed by atoms with Gasteiger partial charge in [-0.15, -0.1) is 0 Å². The molecular weight excluding hydrogens is 511 g/mol. The minimum atomic E-state index is -3.57. The second-order valence-electron chi connectivity index (χ2n) is 10.7. The Labute approximate surface area is 242 Å². The summed E-state index contributed by atoms with van der Waals surface area (Å²) < 4.78 is 20.7. The molecule has 4 heteroatoms. The number of hydrogen-bond donors (Lipinski definition) is 0. The van der Waals surface area contributed by atoms with Crippen molar-refractivity contribution < 1.29 is 13.6 Å². The molecule has 0 unspecified atom stereocenters. The Hall–Kier alpha value is -3.29. The van der Waals surface area contributed by atoms with Gasteiger partial charge in [0.25, 0.3) is 0 Å². The van der Waals surface area contributed by atoms with E-state index < -0.39 is 7.94 Å². The molecule has 4 rings (SSSR count). The van der Waals surface area contributed by atoms with Gasteiger partial charge in [-0.2, -0.15) is 0 Å². The van der Waals surface area contributed by atoms with E-state index in [2.05, 4.69) is 70.2 Å². The Morgan fingerprint density at radius 1 is 0.475 bits per heavy atom. The van der Waals surface area contributed by atoms with Crippen LogP contribution in [-0.4, -0.2) is 0 Å². The molecule has 0 bridgehead atoms. The zero-order chi connectivity index (χ0) is 28.2. The average molecular weight is 557 g/mol. The van der Waals surface area contributed by atoms with Crippen molar-refractivity contribution in [2.75, 3.05) is 0 Å². The van der Waals surface area contributed by atoms with E-state index in [1.54, 1.807) is 0 Å².